The maximum atomic E-state index is 12.6. The van der Waals surface area contributed by atoms with Crippen molar-refractivity contribution in [1.29, 1.82) is 0 Å². The van der Waals surface area contributed by atoms with Crippen molar-refractivity contribution >= 4 is 17.5 Å². The van der Waals surface area contributed by atoms with Crippen LogP contribution in [-0.2, 0) is 0 Å². The smallest absolute Gasteiger partial charge is 0.263 e. The summed E-state index contributed by atoms with van der Waals surface area (Å²) in [4.78, 5) is 26.6. The fourth-order valence-electron chi connectivity index (χ4n) is 3.83. The first kappa shape index (κ1) is 13.2. The van der Waals surface area contributed by atoms with Crippen LogP contribution < -0.4 is 5.73 Å². The van der Waals surface area contributed by atoms with E-state index in [-0.39, 0.29) is 23.3 Å². The third kappa shape index (κ3) is 1.74. The minimum absolute atomic E-state index is 0.0169. The number of nitrogens with two attached hydrogens (primary N) is 1. The Labute approximate surface area is 118 Å². The van der Waals surface area contributed by atoms with Gasteiger partial charge < -0.3 is 5.73 Å². The zero-order chi connectivity index (χ0) is 14.7. The van der Waals surface area contributed by atoms with Crippen LogP contribution in [0.5, 0.6) is 0 Å². The number of hydrogen-bond donors (Lipinski definition) is 1. The first-order valence-corrected chi connectivity index (χ1v) is 7.08. The largest absolute Gasteiger partial charge is 0.398 e. The Morgan fingerprint density at radius 3 is 2.45 bits per heavy atom. The molecule has 0 bridgehead atoms. The predicted octanol–water partition coefficient (Wildman–Crippen LogP) is 2.69. The Balaban J connectivity index is 2.01. The van der Waals surface area contributed by atoms with Crippen molar-refractivity contribution in [3.8, 4) is 0 Å². The molecule has 1 aliphatic carbocycles. The van der Waals surface area contributed by atoms with Crippen molar-refractivity contribution in [3.05, 3.63) is 29.3 Å². The number of anilines is 1. The van der Waals surface area contributed by atoms with Crippen molar-refractivity contribution in [2.45, 2.75) is 39.7 Å². The molecule has 1 heterocycles. The first-order chi connectivity index (χ1) is 9.32. The van der Waals surface area contributed by atoms with Gasteiger partial charge in [0.15, 0.2) is 0 Å². The second kappa shape index (κ2) is 4.08. The third-order valence-corrected chi connectivity index (χ3v) is 4.60. The number of hydrogen-bond acceptors (Lipinski definition) is 3. The summed E-state index contributed by atoms with van der Waals surface area (Å²) in [6.07, 6.45) is 1.89. The number of amides is 2. The maximum Gasteiger partial charge on any atom is 0.263 e. The van der Waals surface area contributed by atoms with Gasteiger partial charge in [0.25, 0.3) is 11.8 Å². The van der Waals surface area contributed by atoms with Gasteiger partial charge in [-0.05, 0) is 36.3 Å². The summed E-state index contributed by atoms with van der Waals surface area (Å²) in [5.41, 5.74) is 7.28. The molecule has 1 aromatic carbocycles. The SMILES string of the molecule is CC1CC(C)(C)CC1N1C(=O)c2cccc(N)c2C1=O. The number of rotatable bonds is 1. The van der Waals surface area contributed by atoms with Crippen molar-refractivity contribution in [3.63, 3.8) is 0 Å². The fourth-order valence-corrected chi connectivity index (χ4v) is 3.83. The van der Waals surface area contributed by atoms with E-state index >= 15 is 0 Å². The molecule has 0 spiro atoms. The van der Waals surface area contributed by atoms with E-state index in [2.05, 4.69) is 20.8 Å². The molecule has 1 aromatic rings. The van der Waals surface area contributed by atoms with E-state index in [0.29, 0.717) is 22.7 Å². The highest BCUT2D eigenvalue weighted by molar-refractivity contribution is 6.23. The molecule has 2 N–H and O–H groups in total. The van der Waals surface area contributed by atoms with E-state index in [1.54, 1.807) is 18.2 Å². The number of carbonyl (C=O) groups excluding carboxylic acids is 2. The highest BCUT2D eigenvalue weighted by Crippen LogP contribution is 2.45. The number of benzene rings is 1. The second-order valence-corrected chi connectivity index (χ2v) is 6.87. The molecule has 0 radical (unpaired) electrons. The van der Waals surface area contributed by atoms with Gasteiger partial charge in [-0.2, -0.15) is 0 Å². The summed E-state index contributed by atoms with van der Waals surface area (Å²) in [5.74, 6) is -0.0852. The highest BCUT2D eigenvalue weighted by Gasteiger charge is 2.48. The number of imide groups is 1. The molecule has 2 atom stereocenters. The van der Waals surface area contributed by atoms with Crippen molar-refractivity contribution < 1.29 is 9.59 Å². The lowest BCUT2D eigenvalue weighted by molar-refractivity contribution is 0.0551. The molecule has 0 aromatic heterocycles. The lowest BCUT2D eigenvalue weighted by Gasteiger charge is -2.26. The molecule has 2 amide bonds. The fraction of sp³-hybridized carbons (Fsp3) is 0.500. The monoisotopic (exact) mass is 272 g/mol. The number of nitrogens with zero attached hydrogens (tertiary/aromatic N) is 1. The van der Waals surface area contributed by atoms with Crippen LogP contribution in [0.2, 0.25) is 0 Å². The summed E-state index contributed by atoms with van der Waals surface area (Å²) in [6.45, 7) is 6.50. The molecule has 1 saturated carbocycles. The van der Waals surface area contributed by atoms with Crippen molar-refractivity contribution in [2.24, 2.45) is 11.3 Å². The normalized spacial score (nSPS) is 28.1. The van der Waals surface area contributed by atoms with Gasteiger partial charge in [0.2, 0.25) is 0 Å². The Morgan fingerprint density at radius 1 is 1.20 bits per heavy atom. The van der Waals surface area contributed by atoms with Gasteiger partial charge in [-0.25, -0.2) is 0 Å². The van der Waals surface area contributed by atoms with E-state index in [0.717, 1.165) is 12.8 Å². The lowest BCUT2D eigenvalue weighted by Crippen LogP contribution is -2.41. The standard InChI is InChI=1S/C16H20N2O2/c1-9-7-16(2,3)8-12(9)18-14(19)10-5-4-6-11(17)13(10)15(18)20/h4-6,9,12H,7-8,17H2,1-3H3. The van der Waals surface area contributed by atoms with Crippen LogP contribution in [0.1, 0.15) is 54.3 Å². The van der Waals surface area contributed by atoms with Crippen LogP contribution in [-0.4, -0.2) is 22.8 Å². The Hall–Kier alpha value is -1.84. The van der Waals surface area contributed by atoms with E-state index in [9.17, 15) is 9.59 Å². The Morgan fingerprint density at radius 2 is 1.90 bits per heavy atom. The van der Waals surface area contributed by atoms with Crippen LogP contribution >= 0.6 is 0 Å². The van der Waals surface area contributed by atoms with Crippen molar-refractivity contribution in [1.82, 2.24) is 4.90 Å². The zero-order valence-corrected chi connectivity index (χ0v) is 12.1. The van der Waals surface area contributed by atoms with E-state index in [4.69, 9.17) is 5.73 Å². The topological polar surface area (TPSA) is 63.4 Å². The summed E-state index contributed by atoms with van der Waals surface area (Å²) in [6, 6.07) is 5.08. The van der Waals surface area contributed by atoms with Gasteiger partial charge in [0, 0.05) is 11.7 Å². The molecule has 20 heavy (non-hydrogen) atoms. The molecule has 2 unspecified atom stereocenters. The number of nitrogen functional groups attached to an aromatic ring is 1. The molecule has 3 rings (SSSR count). The van der Waals surface area contributed by atoms with Crippen LogP contribution in [0.3, 0.4) is 0 Å². The molecule has 4 heteroatoms. The van der Waals surface area contributed by atoms with Gasteiger partial charge in [-0.3, -0.25) is 14.5 Å². The number of fused-ring (bicyclic) bond motifs is 1. The van der Waals surface area contributed by atoms with Gasteiger partial charge in [-0.15, -0.1) is 0 Å². The maximum absolute atomic E-state index is 12.6. The van der Waals surface area contributed by atoms with E-state index in [1.165, 1.54) is 4.90 Å². The van der Waals surface area contributed by atoms with Crippen LogP contribution in [0.15, 0.2) is 18.2 Å². The highest BCUT2D eigenvalue weighted by atomic mass is 16.2. The Kier molecular flexibility index (Phi) is 2.68. The second-order valence-electron chi connectivity index (χ2n) is 6.87. The average Bonchev–Trinajstić information content (AvgIpc) is 2.75. The van der Waals surface area contributed by atoms with Crippen molar-refractivity contribution in [2.75, 3.05) is 5.73 Å². The zero-order valence-electron chi connectivity index (χ0n) is 12.1. The van der Waals surface area contributed by atoms with Crippen LogP contribution in [0.25, 0.3) is 0 Å². The minimum atomic E-state index is -0.224. The van der Waals surface area contributed by atoms with Crippen LogP contribution in [0, 0.1) is 11.3 Å². The quantitative estimate of drug-likeness (QED) is 0.631. The molecular formula is C16H20N2O2. The third-order valence-electron chi connectivity index (χ3n) is 4.60. The average molecular weight is 272 g/mol. The molecule has 4 nitrogen and oxygen atoms in total. The van der Waals surface area contributed by atoms with Gasteiger partial charge in [-0.1, -0.05) is 26.8 Å². The summed E-state index contributed by atoms with van der Waals surface area (Å²) >= 11 is 0. The van der Waals surface area contributed by atoms with Gasteiger partial charge >= 0.3 is 0 Å². The van der Waals surface area contributed by atoms with Crippen LogP contribution in [0.4, 0.5) is 5.69 Å². The minimum Gasteiger partial charge on any atom is -0.398 e. The lowest BCUT2D eigenvalue weighted by atomic mass is 9.91. The summed E-state index contributed by atoms with van der Waals surface area (Å²) < 4.78 is 0. The molecular weight excluding hydrogens is 252 g/mol. The first-order valence-electron chi connectivity index (χ1n) is 7.08. The molecule has 1 aliphatic heterocycles. The summed E-state index contributed by atoms with van der Waals surface area (Å²) in [7, 11) is 0. The molecule has 106 valence electrons. The van der Waals surface area contributed by atoms with Gasteiger partial charge in [0.05, 0.1) is 11.1 Å². The van der Waals surface area contributed by atoms with Gasteiger partial charge in [0.1, 0.15) is 0 Å². The number of carbonyl (C=O) groups is 2. The molecule has 1 fully saturated rings. The summed E-state index contributed by atoms with van der Waals surface area (Å²) in [5, 5.41) is 0. The van der Waals surface area contributed by atoms with E-state index in [1.807, 2.05) is 0 Å². The Bertz CT molecular complexity index is 606. The predicted molar refractivity (Wildman–Crippen MR) is 77.3 cm³/mol. The van der Waals surface area contributed by atoms with E-state index < -0.39 is 0 Å². The molecule has 2 aliphatic rings. The molecule has 0 saturated heterocycles.